The lowest BCUT2D eigenvalue weighted by molar-refractivity contribution is 0.147. The minimum atomic E-state index is 0.270. The van der Waals surface area contributed by atoms with E-state index in [1.807, 2.05) is 30.3 Å². The van der Waals surface area contributed by atoms with Crippen LogP contribution in [0, 0.1) is 0 Å². The molecule has 8 heteroatoms. The third-order valence-corrected chi connectivity index (χ3v) is 5.72. The van der Waals surface area contributed by atoms with Crippen LogP contribution in [0.5, 0.6) is 0 Å². The summed E-state index contributed by atoms with van der Waals surface area (Å²) in [5.41, 5.74) is 17.2. The lowest BCUT2D eigenvalue weighted by atomic mass is 10.0. The summed E-state index contributed by atoms with van der Waals surface area (Å²) in [6.45, 7) is 6.69. The quantitative estimate of drug-likeness (QED) is 0.790. The molecule has 0 amide bonds. The van der Waals surface area contributed by atoms with E-state index in [9.17, 15) is 0 Å². The summed E-state index contributed by atoms with van der Waals surface area (Å²) >= 11 is 6.52. The number of benzene rings is 1. The van der Waals surface area contributed by atoms with Gasteiger partial charge in [0.05, 0.1) is 23.3 Å². The van der Waals surface area contributed by atoms with Gasteiger partial charge in [0.15, 0.2) is 5.84 Å². The van der Waals surface area contributed by atoms with Crippen molar-refractivity contribution in [3.63, 3.8) is 0 Å². The number of hydrogen-bond donors (Lipinski definition) is 2. The van der Waals surface area contributed by atoms with E-state index in [1.54, 1.807) is 13.1 Å². The highest BCUT2D eigenvalue weighted by Crippen LogP contribution is 2.30. The molecule has 1 fully saturated rings. The van der Waals surface area contributed by atoms with Gasteiger partial charge in [-0.05, 0) is 26.1 Å². The Balaban J connectivity index is 1.80. The average molecular weight is 424 g/mol. The predicted molar refractivity (Wildman–Crippen MR) is 122 cm³/mol. The lowest BCUT2D eigenvalue weighted by Crippen LogP contribution is -2.44. The Bertz CT molecular complexity index is 1050. The highest BCUT2D eigenvalue weighted by atomic mass is 35.5. The number of likely N-dealkylation sites (N-methyl/N-ethyl adjacent to an activating group) is 1. The molecule has 2 aliphatic rings. The van der Waals surface area contributed by atoms with Crippen LogP contribution >= 0.6 is 11.6 Å². The third kappa shape index (κ3) is 4.23. The monoisotopic (exact) mass is 423 g/mol. The maximum Gasteiger partial charge on any atom is 0.151 e. The molecule has 156 valence electrons. The van der Waals surface area contributed by atoms with Crippen molar-refractivity contribution in [3.05, 3.63) is 69.8 Å². The number of aliphatic imine (C=N–C) groups is 2. The highest BCUT2D eigenvalue weighted by Gasteiger charge is 2.22. The van der Waals surface area contributed by atoms with Crippen molar-refractivity contribution in [1.29, 1.82) is 0 Å². The van der Waals surface area contributed by atoms with Gasteiger partial charge in [-0.15, -0.1) is 0 Å². The molecule has 0 bridgehead atoms. The zero-order valence-electron chi connectivity index (χ0n) is 17.3. The summed E-state index contributed by atoms with van der Waals surface area (Å²) in [6.07, 6.45) is 1.76. The number of hydrogen-bond acceptors (Lipinski definition) is 7. The number of pyridine rings is 1. The summed E-state index contributed by atoms with van der Waals surface area (Å²) in [4.78, 5) is 18.8. The van der Waals surface area contributed by atoms with Gasteiger partial charge < -0.3 is 16.4 Å². The molecule has 0 saturated carbocycles. The second-order valence-corrected chi connectivity index (χ2v) is 8.15. The van der Waals surface area contributed by atoms with Crippen LogP contribution in [0.3, 0.4) is 0 Å². The molecule has 1 aromatic heterocycles. The Kier molecular flexibility index (Phi) is 5.85. The Labute approximate surface area is 181 Å². The van der Waals surface area contributed by atoms with Crippen LogP contribution in [0.25, 0.3) is 0 Å². The summed E-state index contributed by atoms with van der Waals surface area (Å²) in [6, 6.07) is 9.66. The molecule has 7 nitrogen and oxygen atoms in total. The van der Waals surface area contributed by atoms with E-state index < -0.39 is 0 Å². The zero-order chi connectivity index (χ0) is 21.3. The second-order valence-electron chi connectivity index (χ2n) is 7.74. The van der Waals surface area contributed by atoms with Crippen LogP contribution in [0.15, 0.2) is 57.9 Å². The van der Waals surface area contributed by atoms with Crippen LogP contribution < -0.4 is 11.5 Å². The van der Waals surface area contributed by atoms with Crippen molar-refractivity contribution < 1.29 is 0 Å². The largest absolute Gasteiger partial charge is 0.400 e. The van der Waals surface area contributed by atoms with Crippen LogP contribution in [-0.2, 0) is 6.54 Å². The number of nitrogens with zero attached hydrogens (tertiary/aromatic N) is 5. The van der Waals surface area contributed by atoms with Crippen molar-refractivity contribution in [2.24, 2.45) is 21.5 Å². The first kappa shape index (κ1) is 20.5. The fourth-order valence-electron chi connectivity index (χ4n) is 3.65. The topological polar surface area (TPSA) is 96.1 Å². The van der Waals surface area contributed by atoms with Crippen molar-refractivity contribution in [2.75, 3.05) is 33.2 Å². The first-order chi connectivity index (χ1) is 14.4. The standard InChI is InChI=1S/C22H26ClN7/c1-14(24)20-22(25)27-19-12-26-15(13-30-9-7-29(2)8-10-30)11-17(19)21(28-20)16-5-3-4-6-18(16)23/h3-6,11-12H,7-10,13,24H2,1-2H3,(H2,25,27)/b20-14+. The number of rotatable bonds is 3. The van der Waals surface area contributed by atoms with Crippen molar-refractivity contribution >= 4 is 28.8 Å². The summed E-state index contributed by atoms with van der Waals surface area (Å²) in [5, 5.41) is 0.606. The molecule has 2 aliphatic heterocycles. The number of aromatic nitrogens is 1. The maximum absolute atomic E-state index is 6.52. The lowest BCUT2D eigenvalue weighted by Gasteiger charge is -2.32. The molecule has 0 atom stereocenters. The number of piperazine rings is 1. The molecule has 4 rings (SSSR count). The zero-order valence-corrected chi connectivity index (χ0v) is 18.0. The Morgan fingerprint density at radius 3 is 2.53 bits per heavy atom. The minimum Gasteiger partial charge on any atom is -0.400 e. The fraction of sp³-hybridized carbons (Fsp3) is 0.318. The molecule has 1 saturated heterocycles. The molecule has 0 radical (unpaired) electrons. The average Bonchev–Trinajstić information content (AvgIpc) is 2.86. The van der Waals surface area contributed by atoms with Crippen LogP contribution in [0.2, 0.25) is 5.02 Å². The van der Waals surface area contributed by atoms with E-state index in [0.717, 1.165) is 49.5 Å². The van der Waals surface area contributed by atoms with Gasteiger partial charge >= 0.3 is 0 Å². The van der Waals surface area contributed by atoms with Crippen LogP contribution in [-0.4, -0.2) is 59.6 Å². The van der Waals surface area contributed by atoms with Gasteiger partial charge in [0.2, 0.25) is 0 Å². The summed E-state index contributed by atoms with van der Waals surface area (Å²) < 4.78 is 0. The van der Waals surface area contributed by atoms with E-state index in [1.165, 1.54) is 0 Å². The number of amidine groups is 1. The molecular formula is C22H26ClN7. The van der Waals surface area contributed by atoms with E-state index in [4.69, 9.17) is 28.1 Å². The molecule has 4 N–H and O–H groups in total. The number of nitrogens with two attached hydrogens (primary N) is 2. The Morgan fingerprint density at radius 1 is 1.10 bits per heavy atom. The van der Waals surface area contributed by atoms with Crippen LogP contribution in [0.1, 0.15) is 23.7 Å². The van der Waals surface area contributed by atoms with Gasteiger partial charge in [0.1, 0.15) is 5.70 Å². The Morgan fingerprint density at radius 2 is 1.83 bits per heavy atom. The van der Waals surface area contributed by atoms with Crippen molar-refractivity contribution in [2.45, 2.75) is 13.5 Å². The number of halogens is 1. The van der Waals surface area contributed by atoms with Gasteiger partial charge in [0, 0.05) is 54.6 Å². The van der Waals surface area contributed by atoms with E-state index in [2.05, 4.69) is 26.8 Å². The third-order valence-electron chi connectivity index (χ3n) is 5.39. The smallest absolute Gasteiger partial charge is 0.151 e. The van der Waals surface area contributed by atoms with E-state index in [-0.39, 0.29) is 5.84 Å². The van der Waals surface area contributed by atoms with Crippen molar-refractivity contribution in [3.8, 4) is 0 Å². The summed E-state index contributed by atoms with van der Waals surface area (Å²) in [5.74, 6) is 0.270. The molecule has 2 aromatic rings. The van der Waals surface area contributed by atoms with Crippen molar-refractivity contribution in [1.82, 2.24) is 14.8 Å². The predicted octanol–water partition coefficient (Wildman–Crippen LogP) is 2.51. The molecule has 0 spiro atoms. The van der Waals surface area contributed by atoms with Gasteiger partial charge in [-0.3, -0.25) is 9.88 Å². The first-order valence-electron chi connectivity index (χ1n) is 9.97. The van der Waals surface area contributed by atoms with Gasteiger partial charge in [-0.25, -0.2) is 9.98 Å². The highest BCUT2D eigenvalue weighted by molar-refractivity contribution is 6.36. The number of allylic oxidation sites excluding steroid dienone is 1. The maximum atomic E-state index is 6.52. The fourth-order valence-corrected chi connectivity index (χ4v) is 3.88. The van der Waals surface area contributed by atoms with E-state index >= 15 is 0 Å². The minimum absolute atomic E-state index is 0.270. The molecule has 30 heavy (non-hydrogen) atoms. The molecule has 3 heterocycles. The number of fused-ring (bicyclic) bond motifs is 1. The van der Waals surface area contributed by atoms with Gasteiger partial charge in [0.25, 0.3) is 0 Å². The SMILES string of the molecule is C/C(N)=C1\N=C(c2ccccc2Cl)c2cc(CN3CCN(C)CC3)ncc2N=C1N. The molecule has 1 aromatic carbocycles. The summed E-state index contributed by atoms with van der Waals surface area (Å²) in [7, 11) is 2.15. The van der Waals surface area contributed by atoms with Gasteiger partial charge in [-0.1, -0.05) is 29.8 Å². The van der Waals surface area contributed by atoms with Gasteiger partial charge in [-0.2, -0.15) is 0 Å². The molecular weight excluding hydrogens is 398 g/mol. The molecule has 0 aliphatic carbocycles. The first-order valence-corrected chi connectivity index (χ1v) is 10.3. The Hall–Kier alpha value is -2.74. The van der Waals surface area contributed by atoms with E-state index in [0.29, 0.717) is 27.8 Å². The second kappa shape index (κ2) is 8.55. The van der Waals surface area contributed by atoms with Crippen LogP contribution in [0.4, 0.5) is 5.69 Å². The molecule has 0 unspecified atom stereocenters. The normalized spacial score (nSPS) is 19.6.